The van der Waals surface area contributed by atoms with E-state index in [1.807, 2.05) is 18.2 Å². The largest absolute Gasteiger partial charge is 0.456 e. The average molecular weight is 269 g/mol. The molecule has 0 aliphatic carbocycles. The predicted octanol–water partition coefficient (Wildman–Crippen LogP) is 2.71. The van der Waals surface area contributed by atoms with E-state index in [2.05, 4.69) is 0 Å². The normalized spacial score (nSPS) is 10.0. The summed E-state index contributed by atoms with van der Waals surface area (Å²) in [5.41, 5.74) is 6.53. The second kappa shape index (κ2) is 6.52. The van der Waals surface area contributed by atoms with Gasteiger partial charge in [-0.25, -0.2) is 0 Å². The fourth-order valence-electron chi connectivity index (χ4n) is 1.86. The molecule has 2 N–H and O–H groups in total. The topological polar surface area (TPSA) is 69.4 Å². The summed E-state index contributed by atoms with van der Waals surface area (Å²) in [5.74, 6) is 0.769. The van der Waals surface area contributed by atoms with E-state index in [1.165, 1.54) is 0 Å². The Kier molecular flexibility index (Phi) is 4.50. The fraction of sp³-hybridized carbons (Fsp3) is 0.125. The van der Waals surface area contributed by atoms with Crippen LogP contribution in [0.3, 0.4) is 0 Å². The van der Waals surface area contributed by atoms with Gasteiger partial charge in [0.1, 0.15) is 11.5 Å². The standard InChI is InChI=1S/C16H15NO3/c17-16(19)10-9-12-5-1-3-7-14(12)20-15-8-4-2-6-13(15)11-18/h1-8,11H,9-10H2,(H2,17,19). The first-order valence-corrected chi connectivity index (χ1v) is 6.29. The molecule has 20 heavy (non-hydrogen) atoms. The summed E-state index contributed by atoms with van der Waals surface area (Å²) in [5, 5.41) is 0. The van der Waals surface area contributed by atoms with E-state index in [1.54, 1.807) is 30.3 Å². The Balaban J connectivity index is 2.24. The van der Waals surface area contributed by atoms with Gasteiger partial charge in [0.15, 0.2) is 6.29 Å². The van der Waals surface area contributed by atoms with Crippen molar-refractivity contribution in [3.05, 3.63) is 59.7 Å². The second-order valence-corrected chi connectivity index (χ2v) is 4.33. The maximum atomic E-state index is 11.0. The second-order valence-electron chi connectivity index (χ2n) is 4.33. The van der Waals surface area contributed by atoms with Gasteiger partial charge in [-0.2, -0.15) is 0 Å². The number of aryl methyl sites for hydroxylation is 1. The van der Waals surface area contributed by atoms with E-state index in [-0.39, 0.29) is 12.3 Å². The quantitative estimate of drug-likeness (QED) is 0.820. The molecule has 0 unspecified atom stereocenters. The first kappa shape index (κ1) is 13.8. The van der Waals surface area contributed by atoms with Crippen LogP contribution >= 0.6 is 0 Å². The third-order valence-corrected chi connectivity index (χ3v) is 2.88. The van der Waals surface area contributed by atoms with Crippen LogP contribution in [0.15, 0.2) is 48.5 Å². The lowest BCUT2D eigenvalue weighted by Crippen LogP contribution is -2.11. The summed E-state index contributed by atoms with van der Waals surface area (Å²) in [7, 11) is 0. The minimum Gasteiger partial charge on any atom is -0.456 e. The zero-order chi connectivity index (χ0) is 14.4. The molecule has 0 aliphatic heterocycles. The predicted molar refractivity (Wildman–Crippen MR) is 75.9 cm³/mol. The minimum absolute atomic E-state index is 0.260. The number of aldehydes is 1. The summed E-state index contributed by atoms with van der Waals surface area (Å²) in [6.45, 7) is 0. The van der Waals surface area contributed by atoms with Crippen LogP contribution in [0.25, 0.3) is 0 Å². The molecule has 102 valence electrons. The molecule has 2 aromatic rings. The highest BCUT2D eigenvalue weighted by molar-refractivity contribution is 5.79. The first-order chi connectivity index (χ1) is 9.70. The number of carbonyl (C=O) groups excluding carboxylic acids is 2. The molecule has 0 radical (unpaired) electrons. The summed E-state index contributed by atoms with van der Waals surface area (Å²) >= 11 is 0. The van der Waals surface area contributed by atoms with Gasteiger partial charge in [0.05, 0.1) is 5.56 Å². The highest BCUT2D eigenvalue weighted by atomic mass is 16.5. The van der Waals surface area contributed by atoms with Gasteiger partial charge in [-0.3, -0.25) is 9.59 Å². The summed E-state index contributed by atoms with van der Waals surface area (Å²) in [6, 6.07) is 14.4. The Bertz CT molecular complexity index is 623. The number of amides is 1. The Hall–Kier alpha value is -2.62. The van der Waals surface area contributed by atoms with Crippen LogP contribution < -0.4 is 10.5 Å². The van der Waals surface area contributed by atoms with E-state index >= 15 is 0 Å². The maximum Gasteiger partial charge on any atom is 0.217 e. The Morgan fingerprint density at radius 1 is 1.05 bits per heavy atom. The average Bonchev–Trinajstić information content (AvgIpc) is 2.47. The Labute approximate surface area is 117 Å². The molecule has 2 aromatic carbocycles. The van der Waals surface area contributed by atoms with E-state index < -0.39 is 0 Å². The number of para-hydroxylation sites is 2. The number of ether oxygens (including phenoxy) is 1. The number of nitrogens with two attached hydrogens (primary N) is 1. The van der Waals surface area contributed by atoms with Gasteiger partial charge in [0.2, 0.25) is 5.91 Å². The highest BCUT2D eigenvalue weighted by Gasteiger charge is 2.08. The molecule has 0 fully saturated rings. The van der Waals surface area contributed by atoms with Crippen LogP contribution in [0.2, 0.25) is 0 Å². The lowest BCUT2D eigenvalue weighted by molar-refractivity contribution is -0.117. The molecule has 4 nitrogen and oxygen atoms in total. The first-order valence-electron chi connectivity index (χ1n) is 6.29. The number of benzene rings is 2. The minimum atomic E-state index is -0.354. The molecular formula is C16H15NO3. The number of hydrogen-bond acceptors (Lipinski definition) is 3. The van der Waals surface area contributed by atoms with Crippen molar-refractivity contribution in [1.82, 2.24) is 0 Å². The smallest absolute Gasteiger partial charge is 0.217 e. The zero-order valence-corrected chi connectivity index (χ0v) is 10.9. The molecule has 0 heterocycles. The number of rotatable bonds is 6. The van der Waals surface area contributed by atoms with Gasteiger partial charge in [-0.05, 0) is 30.2 Å². The highest BCUT2D eigenvalue weighted by Crippen LogP contribution is 2.28. The Morgan fingerprint density at radius 3 is 2.40 bits per heavy atom. The molecule has 1 amide bonds. The van der Waals surface area contributed by atoms with Gasteiger partial charge in [0, 0.05) is 6.42 Å². The molecule has 0 spiro atoms. The van der Waals surface area contributed by atoms with Crippen LogP contribution in [-0.4, -0.2) is 12.2 Å². The van der Waals surface area contributed by atoms with E-state index in [4.69, 9.17) is 10.5 Å². The fourth-order valence-corrected chi connectivity index (χ4v) is 1.86. The molecule has 2 rings (SSSR count). The van der Waals surface area contributed by atoms with Crippen molar-refractivity contribution >= 4 is 12.2 Å². The maximum absolute atomic E-state index is 11.0. The van der Waals surface area contributed by atoms with Crippen molar-refractivity contribution in [3.8, 4) is 11.5 Å². The molecule has 0 bridgehead atoms. The lowest BCUT2D eigenvalue weighted by atomic mass is 10.1. The lowest BCUT2D eigenvalue weighted by Gasteiger charge is -2.11. The number of hydrogen-bond donors (Lipinski definition) is 1. The van der Waals surface area contributed by atoms with Crippen LogP contribution in [0.5, 0.6) is 11.5 Å². The van der Waals surface area contributed by atoms with Crippen LogP contribution in [0.1, 0.15) is 22.3 Å². The van der Waals surface area contributed by atoms with Crippen LogP contribution in [0.4, 0.5) is 0 Å². The van der Waals surface area contributed by atoms with Crippen molar-refractivity contribution in [2.45, 2.75) is 12.8 Å². The molecule has 0 aromatic heterocycles. The molecule has 0 atom stereocenters. The van der Waals surface area contributed by atoms with Gasteiger partial charge >= 0.3 is 0 Å². The summed E-state index contributed by atoms with van der Waals surface area (Å²) < 4.78 is 5.78. The van der Waals surface area contributed by atoms with Crippen molar-refractivity contribution in [2.24, 2.45) is 5.73 Å². The van der Waals surface area contributed by atoms with E-state index in [9.17, 15) is 9.59 Å². The van der Waals surface area contributed by atoms with E-state index in [0.29, 0.717) is 23.5 Å². The molecular weight excluding hydrogens is 254 g/mol. The van der Waals surface area contributed by atoms with Gasteiger partial charge in [-0.1, -0.05) is 30.3 Å². The zero-order valence-electron chi connectivity index (χ0n) is 10.9. The van der Waals surface area contributed by atoms with Crippen LogP contribution in [0, 0.1) is 0 Å². The summed E-state index contributed by atoms with van der Waals surface area (Å²) in [4.78, 5) is 21.9. The molecule has 4 heteroatoms. The Morgan fingerprint density at radius 2 is 1.70 bits per heavy atom. The van der Waals surface area contributed by atoms with Gasteiger partial charge in [-0.15, -0.1) is 0 Å². The SMILES string of the molecule is NC(=O)CCc1ccccc1Oc1ccccc1C=O. The number of carbonyl (C=O) groups is 2. The monoisotopic (exact) mass is 269 g/mol. The van der Waals surface area contributed by atoms with Crippen molar-refractivity contribution < 1.29 is 14.3 Å². The van der Waals surface area contributed by atoms with E-state index in [0.717, 1.165) is 11.8 Å². The third-order valence-electron chi connectivity index (χ3n) is 2.88. The summed E-state index contributed by atoms with van der Waals surface area (Å²) in [6.07, 6.45) is 1.52. The molecule has 0 saturated carbocycles. The molecule has 0 aliphatic rings. The number of primary amides is 1. The van der Waals surface area contributed by atoms with Crippen LogP contribution in [-0.2, 0) is 11.2 Å². The van der Waals surface area contributed by atoms with Crippen molar-refractivity contribution in [3.63, 3.8) is 0 Å². The van der Waals surface area contributed by atoms with Gasteiger partial charge < -0.3 is 10.5 Å². The van der Waals surface area contributed by atoms with Gasteiger partial charge in [0.25, 0.3) is 0 Å². The van der Waals surface area contributed by atoms with Crippen molar-refractivity contribution in [1.29, 1.82) is 0 Å². The molecule has 0 saturated heterocycles. The third kappa shape index (κ3) is 3.45. The van der Waals surface area contributed by atoms with Crippen molar-refractivity contribution in [2.75, 3.05) is 0 Å².